The topological polar surface area (TPSA) is 69.2 Å². The normalized spacial score (nSPS) is 14.8. The number of ether oxygens (including phenoxy) is 2. The van der Waals surface area contributed by atoms with Crippen molar-refractivity contribution in [1.29, 1.82) is 0 Å². The molecule has 0 spiro atoms. The lowest BCUT2D eigenvalue weighted by atomic mass is 10.1. The number of hydrogen-bond acceptors (Lipinski definition) is 7. The van der Waals surface area contributed by atoms with Gasteiger partial charge < -0.3 is 14.8 Å². The van der Waals surface area contributed by atoms with Gasteiger partial charge in [-0.25, -0.2) is 0 Å². The first-order valence-electron chi connectivity index (χ1n) is 9.43. The van der Waals surface area contributed by atoms with E-state index in [-0.39, 0.29) is 0 Å². The molecule has 0 saturated carbocycles. The Morgan fingerprint density at radius 1 is 1.21 bits per heavy atom. The fourth-order valence-electron chi connectivity index (χ4n) is 3.05. The highest BCUT2D eigenvalue weighted by Gasteiger charge is 2.28. The Hall–Kier alpha value is -2.32. The lowest BCUT2D eigenvalue weighted by Gasteiger charge is -2.22. The maximum Gasteiger partial charge on any atom is 0.247 e. The first kappa shape index (κ1) is 20.0. The number of hydrogen-bond donors (Lipinski definition) is 1. The van der Waals surface area contributed by atoms with Gasteiger partial charge in [-0.2, -0.15) is 4.98 Å². The Kier molecular flexibility index (Phi) is 6.20. The minimum Gasteiger partial charge on any atom is -0.493 e. The minimum atomic E-state index is -0.472. The third-order valence-electron chi connectivity index (χ3n) is 4.53. The maximum atomic E-state index is 6.32. The number of nitrogens with zero attached hydrogens (tertiary/aromatic N) is 3. The van der Waals surface area contributed by atoms with Crippen LogP contribution in [0.15, 0.2) is 52.1 Å². The van der Waals surface area contributed by atoms with Crippen LogP contribution in [0.25, 0.3) is 11.3 Å². The van der Waals surface area contributed by atoms with E-state index in [0.717, 1.165) is 39.9 Å². The predicted octanol–water partition coefficient (Wildman–Crippen LogP) is 5.71. The van der Waals surface area contributed by atoms with Crippen LogP contribution in [0.1, 0.15) is 31.6 Å². The number of rotatable bonds is 6. The van der Waals surface area contributed by atoms with E-state index in [1.54, 1.807) is 0 Å². The van der Waals surface area contributed by atoms with Crippen molar-refractivity contribution in [2.45, 2.75) is 31.1 Å². The fraction of sp³-hybridized carbons (Fsp3) is 0.286. The number of aromatic nitrogens is 3. The predicted molar refractivity (Wildman–Crippen MR) is 119 cm³/mol. The molecule has 1 aliphatic rings. The van der Waals surface area contributed by atoms with E-state index in [9.17, 15) is 0 Å². The van der Waals surface area contributed by atoms with Gasteiger partial charge in [0, 0.05) is 15.7 Å². The van der Waals surface area contributed by atoms with Gasteiger partial charge in [-0.05, 0) is 43.0 Å². The van der Waals surface area contributed by atoms with E-state index in [4.69, 9.17) is 9.47 Å². The Morgan fingerprint density at radius 3 is 2.90 bits per heavy atom. The molecular formula is C21H21BrN4O2S. The molecule has 0 unspecified atom stereocenters. The number of anilines is 1. The zero-order valence-corrected chi connectivity index (χ0v) is 18.6. The summed E-state index contributed by atoms with van der Waals surface area (Å²) in [4.78, 5) is 4.57. The number of halogens is 1. The van der Waals surface area contributed by atoms with Crippen LogP contribution in [-0.4, -0.2) is 28.0 Å². The molecule has 0 amide bonds. The molecule has 29 heavy (non-hydrogen) atoms. The number of nitrogens with one attached hydrogen (secondary N) is 1. The molecule has 2 heterocycles. The first-order chi connectivity index (χ1) is 14.2. The van der Waals surface area contributed by atoms with Crippen LogP contribution < -0.4 is 14.8 Å². The monoisotopic (exact) mass is 472 g/mol. The van der Waals surface area contributed by atoms with Gasteiger partial charge in [-0.1, -0.05) is 53.2 Å². The van der Waals surface area contributed by atoms with E-state index in [1.807, 2.05) is 48.7 Å². The van der Waals surface area contributed by atoms with Crippen LogP contribution in [0.4, 0.5) is 5.69 Å². The number of unbranched alkanes of at least 4 members (excludes halogenated alkanes) is 1. The van der Waals surface area contributed by atoms with Gasteiger partial charge in [0.2, 0.25) is 17.3 Å². The Balaban J connectivity index is 1.78. The third kappa shape index (κ3) is 4.33. The summed E-state index contributed by atoms with van der Waals surface area (Å²) < 4.78 is 13.3. The summed E-state index contributed by atoms with van der Waals surface area (Å²) >= 11 is 4.97. The number of benzene rings is 2. The van der Waals surface area contributed by atoms with Gasteiger partial charge in [0.25, 0.3) is 0 Å². The van der Waals surface area contributed by atoms with Crippen LogP contribution in [0.5, 0.6) is 11.6 Å². The Morgan fingerprint density at radius 2 is 2.07 bits per heavy atom. The van der Waals surface area contributed by atoms with Crippen LogP contribution in [0.3, 0.4) is 0 Å². The van der Waals surface area contributed by atoms with E-state index in [1.165, 1.54) is 11.8 Å². The lowest BCUT2D eigenvalue weighted by Crippen LogP contribution is -2.18. The molecule has 8 heteroatoms. The largest absolute Gasteiger partial charge is 0.493 e. The van der Waals surface area contributed by atoms with Crippen molar-refractivity contribution < 1.29 is 9.47 Å². The van der Waals surface area contributed by atoms with Crippen LogP contribution in [-0.2, 0) is 0 Å². The van der Waals surface area contributed by atoms with Gasteiger partial charge in [0.1, 0.15) is 5.75 Å². The molecule has 1 aliphatic heterocycles. The lowest BCUT2D eigenvalue weighted by molar-refractivity contribution is 0.215. The van der Waals surface area contributed by atoms with Gasteiger partial charge in [0.05, 0.1) is 12.2 Å². The average molecular weight is 473 g/mol. The van der Waals surface area contributed by atoms with Gasteiger partial charge in [0.15, 0.2) is 5.69 Å². The number of thioether (sulfide) groups is 1. The van der Waals surface area contributed by atoms with E-state index < -0.39 is 6.23 Å². The summed E-state index contributed by atoms with van der Waals surface area (Å²) in [6.45, 7) is 2.81. The average Bonchev–Trinajstić information content (AvgIpc) is 2.90. The zero-order valence-electron chi connectivity index (χ0n) is 16.2. The van der Waals surface area contributed by atoms with Crippen LogP contribution >= 0.6 is 27.7 Å². The van der Waals surface area contributed by atoms with E-state index >= 15 is 0 Å². The molecular weight excluding hydrogens is 452 g/mol. The number of fused-ring (bicyclic) bond motifs is 3. The maximum absolute atomic E-state index is 6.32. The summed E-state index contributed by atoms with van der Waals surface area (Å²) in [6.07, 6.45) is 3.52. The molecule has 1 aromatic heterocycles. The smallest absolute Gasteiger partial charge is 0.247 e. The molecule has 4 rings (SSSR count). The van der Waals surface area contributed by atoms with E-state index in [2.05, 4.69) is 43.4 Å². The Bertz CT molecular complexity index is 1020. The van der Waals surface area contributed by atoms with Crippen molar-refractivity contribution >= 4 is 33.4 Å². The molecule has 150 valence electrons. The van der Waals surface area contributed by atoms with E-state index in [0.29, 0.717) is 23.3 Å². The van der Waals surface area contributed by atoms with Crippen LogP contribution in [0, 0.1) is 0 Å². The third-order valence-corrected chi connectivity index (χ3v) is 5.56. The second-order valence-corrected chi connectivity index (χ2v) is 8.21. The molecule has 0 aliphatic carbocycles. The van der Waals surface area contributed by atoms with Gasteiger partial charge in [-0.3, -0.25) is 0 Å². The molecule has 0 radical (unpaired) electrons. The van der Waals surface area contributed by atoms with Crippen molar-refractivity contribution in [2.75, 3.05) is 18.2 Å². The van der Waals surface area contributed by atoms with Crippen molar-refractivity contribution in [3.63, 3.8) is 0 Å². The minimum absolute atomic E-state index is 0.446. The van der Waals surface area contributed by atoms with Crippen molar-refractivity contribution in [3.8, 4) is 22.9 Å². The quantitative estimate of drug-likeness (QED) is 0.364. The highest BCUT2D eigenvalue weighted by Crippen LogP contribution is 2.42. The summed E-state index contributed by atoms with van der Waals surface area (Å²) in [5.74, 6) is 1.25. The highest BCUT2D eigenvalue weighted by molar-refractivity contribution is 9.10. The molecule has 6 nitrogen and oxygen atoms in total. The summed E-state index contributed by atoms with van der Waals surface area (Å²) in [7, 11) is 0. The standard InChI is InChI=1S/C21H21BrN4O2S/c1-3-4-11-27-17-8-6-5-7-14(17)19-23-16-10-9-13(22)12-15(16)18-20(28-19)24-21(29-2)26-25-18/h5-10,12,19,23H,3-4,11H2,1-2H3/t19-/m1/s1. The summed E-state index contributed by atoms with van der Waals surface area (Å²) in [6, 6.07) is 13.9. The summed E-state index contributed by atoms with van der Waals surface area (Å²) in [5.41, 5.74) is 3.30. The zero-order chi connectivity index (χ0) is 20.2. The Labute approximate surface area is 182 Å². The van der Waals surface area contributed by atoms with Crippen molar-refractivity contribution in [2.24, 2.45) is 0 Å². The SMILES string of the molecule is CCCCOc1ccccc1[C@@H]1Nc2ccc(Br)cc2-c2nnc(SC)nc2O1. The molecule has 3 aromatic rings. The van der Waals surface area contributed by atoms with Crippen molar-refractivity contribution in [1.82, 2.24) is 15.2 Å². The molecule has 1 N–H and O–H groups in total. The molecule has 2 aromatic carbocycles. The second-order valence-electron chi connectivity index (χ2n) is 6.52. The summed E-state index contributed by atoms with van der Waals surface area (Å²) in [5, 5.41) is 12.6. The van der Waals surface area contributed by atoms with Gasteiger partial charge in [-0.15, -0.1) is 10.2 Å². The highest BCUT2D eigenvalue weighted by atomic mass is 79.9. The molecule has 0 saturated heterocycles. The fourth-order valence-corrected chi connectivity index (χ4v) is 3.71. The molecule has 0 bridgehead atoms. The first-order valence-corrected chi connectivity index (χ1v) is 11.4. The second kappa shape index (κ2) is 9.00. The van der Waals surface area contributed by atoms with Crippen molar-refractivity contribution in [3.05, 3.63) is 52.5 Å². The molecule has 0 fully saturated rings. The van der Waals surface area contributed by atoms with Crippen LogP contribution in [0.2, 0.25) is 0 Å². The number of para-hydroxylation sites is 1. The van der Waals surface area contributed by atoms with Gasteiger partial charge >= 0.3 is 0 Å². The molecule has 1 atom stereocenters.